The van der Waals surface area contributed by atoms with Crippen LogP contribution in [0.25, 0.3) is 5.69 Å². The van der Waals surface area contributed by atoms with Gasteiger partial charge in [-0.2, -0.15) is 5.10 Å². The van der Waals surface area contributed by atoms with Gasteiger partial charge in [-0.05, 0) is 49.2 Å². The van der Waals surface area contributed by atoms with E-state index in [0.29, 0.717) is 17.8 Å². The van der Waals surface area contributed by atoms with Crippen LogP contribution in [0.5, 0.6) is 11.5 Å². The van der Waals surface area contributed by atoms with Gasteiger partial charge in [0.25, 0.3) is 5.91 Å². The van der Waals surface area contributed by atoms with E-state index >= 15 is 0 Å². The van der Waals surface area contributed by atoms with Crippen LogP contribution in [-0.2, 0) is 0 Å². The number of anilines is 1. The molecule has 3 unspecified atom stereocenters. The molecule has 0 saturated carbocycles. The standard InChI is InChI=1S/C24H26N6O2/c25-24(31)23-22-21(20(10-11-27-22)29-16-12-17(29)14-26-13-16)28-30(23)15-6-8-19(9-7-15)32-18-4-2-1-3-5-18/h1-9,16-17,20,26-27H,10-14H2,(H2,25,31). The molecule has 8 nitrogen and oxygen atoms in total. The summed E-state index contributed by atoms with van der Waals surface area (Å²) in [5.41, 5.74) is 8.71. The molecule has 1 aromatic heterocycles. The van der Waals surface area contributed by atoms with Crippen molar-refractivity contribution in [2.75, 3.05) is 25.0 Å². The van der Waals surface area contributed by atoms with Crippen LogP contribution in [0.4, 0.5) is 5.69 Å². The van der Waals surface area contributed by atoms with Crippen molar-refractivity contribution in [2.45, 2.75) is 31.0 Å². The van der Waals surface area contributed by atoms with Crippen LogP contribution in [0.15, 0.2) is 54.6 Å². The summed E-state index contributed by atoms with van der Waals surface area (Å²) in [5, 5.41) is 11.8. The number of carbonyl (C=O) groups is 1. The predicted molar refractivity (Wildman–Crippen MR) is 121 cm³/mol. The fourth-order valence-electron chi connectivity index (χ4n) is 5.32. The minimum absolute atomic E-state index is 0.206. The molecule has 3 aromatic rings. The zero-order valence-electron chi connectivity index (χ0n) is 17.7. The number of rotatable bonds is 5. The summed E-state index contributed by atoms with van der Waals surface area (Å²) in [4.78, 5) is 15.0. The highest BCUT2D eigenvalue weighted by atomic mass is 16.5. The molecule has 2 fully saturated rings. The second-order valence-electron chi connectivity index (χ2n) is 8.67. The van der Waals surface area contributed by atoms with Crippen LogP contribution in [0.3, 0.4) is 0 Å². The number of benzene rings is 2. The van der Waals surface area contributed by atoms with E-state index in [-0.39, 0.29) is 6.04 Å². The molecule has 3 atom stereocenters. The van der Waals surface area contributed by atoms with Gasteiger partial charge in [0.1, 0.15) is 17.2 Å². The van der Waals surface area contributed by atoms with E-state index in [2.05, 4.69) is 15.5 Å². The summed E-state index contributed by atoms with van der Waals surface area (Å²) in [7, 11) is 0. The molecule has 0 spiro atoms. The number of carbonyl (C=O) groups excluding carboxylic acids is 1. The topological polar surface area (TPSA) is 97.4 Å². The van der Waals surface area contributed by atoms with Crippen LogP contribution < -0.4 is 21.1 Å². The first-order valence-corrected chi connectivity index (χ1v) is 11.2. The van der Waals surface area contributed by atoms with Crippen molar-refractivity contribution < 1.29 is 9.53 Å². The molecule has 3 aliphatic rings. The lowest BCUT2D eigenvalue weighted by molar-refractivity contribution is -0.0542. The second-order valence-corrected chi connectivity index (χ2v) is 8.67. The number of primary amides is 1. The highest BCUT2D eigenvalue weighted by Gasteiger charge is 2.47. The Bertz CT molecular complexity index is 1130. The zero-order valence-corrected chi connectivity index (χ0v) is 17.7. The van der Waals surface area contributed by atoms with Crippen LogP contribution in [0.1, 0.15) is 35.1 Å². The number of fused-ring (bicyclic) bond motifs is 3. The number of nitrogens with one attached hydrogen (secondary N) is 2. The monoisotopic (exact) mass is 430 g/mol. The van der Waals surface area contributed by atoms with E-state index in [9.17, 15) is 4.79 Å². The minimum atomic E-state index is -0.484. The number of nitrogens with two attached hydrogens (primary N) is 1. The third-order valence-electron chi connectivity index (χ3n) is 6.75. The minimum Gasteiger partial charge on any atom is -0.457 e. The van der Waals surface area contributed by atoms with Gasteiger partial charge in [0.15, 0.2) is 5.69 Å². The number of amides is 1. The Morgan fingerprint density at radius 1 is 1.03 bits per heavy atom. The third kappa shape index (κ3) is 3.14. The number of para-hydroxylation sites is 1. The van der Waals surface area contributed by atoms with Crippen molar-refractivity contribution in [3.63, 3.8) is 0 Å². The summed E-state index contributed by atoms with van der Waals surface area (Å²) in [5.74, 6) is 1.01. The van der Waals surface area contributed by atoms with Gasteiger partial charge in [-0.3, -0.25) is 9.69 Å². The molecule has 32 heavy (non-hydrogen) atoms. The highest BCUT2D eigenvalue weighted by Crippen LogP contribution is 2.44. The summed E-state index contributed by atoms with van der Waals surface area (Å²) in [6.07, 6.45) is 2.21. The fraction of sp³-hybridized carbons (Fsp3) is 0.333. The maximum atomic E-state index is 12.5. The fourth-order valence-corrected chi connectivity index (χ4v) is 5.32. The van der Waals surface area contributed by atoms with Crippen LogP contribution in [0.2, 0.25) is 0 Å². The molecule has 1 amide bonds. The SMILES string of the molecule is NC(=O)c1c2c(nn1-c1ccc(Oc3ccccc3)cc1)C(N1C3CNCC1C3)CCN2. The lowest BCUT2D eigenvalue weighted by atomic mass is 9.84. The van der Waals surface area contributed by atoms with Crippen molar-refractivity contribution in [3.8, 4) is 17.2 Å². The lowest BCUT2D eigenvalue weighted by Gasteiger charge is -2.56. The van der Waals surface area contributed by atoms with Crippen LogP contribution >= 0.6 is 0 Å². The number of nitrogens with zero attached hydrogens (tertiary/aromatic N) is 3. The molecule has 4 N–H and O–H groups in total. The van der Waals surface area contributed by atoms with Crippen molar-refractivity contribution in [1.29, 1.82) is 0 Å². The Labute approximate surface area is 186 Å². The molecule has 0 radical (unpaired) electrons. The zero-order chi connectivity index (χ0) is 21.7. The molecule has 0 aliphatic carbocycles. The number of hydrogen-bond acceptors (Lipinski definition) is 6. The van der Waals surface area contributed by atoms with Gasteiger partial charge < -0.3 is 21.1 Å². The van der Waals surface area contributed by atoms with E-state index in [1.807, 2.05) is 54.6 Å². The molecule has 8 heteroatoms. The summed E-state index contributed by atoms with van der Waals surface area (Å²) in [6, 6.07) is 18.5. The first kappa shape index (κ1) is 19.3. The molecule has 4 heterocycles. The predicted octanol–water partition coefficient (Wildman–Crippen LogP) is 2.67. The first-order valence-electron chi connectivity index (χ1n) is 11.2. The Hall–Kier alpha value is -3.36. The third-order valence-corrected chi connectivity index (χ3v) is 6.75. The smallest absolute Gasteiger partial charge is 0.269 e. The van der Waals surface area contributed by atoms with Gasteiger partial charge >= 0.3 is 0 Å². The average molecular weight is 431 g/mol. The maximum absolute atomic E-state index is 12.5. The van der Waals surface area contributed by atoms with Gasteiger partial charge in [-0.1, -0.05) is 18.2 Å². The van der Waals surface area contributed by atoms with Crippen molar-refractivity contribution in [3.05, 3.63) is 66.0 Å². The first-order chi connectivity index (χ1) is 15.7. The Balaban J connectivity index is 1.34. The molecular weight excluding hydrogens is 404 g/mol. The molecule has 6 rings (SSSR count). The van der Waals surface area contributed by atoms with E-state index < -0.39 is 5.91 Å². The van der Waals surface area contributed by atoms with E-state index in [1.54, 1.807) is 4.68 Å². The summed E-state index contributed by atoms with van der Waals surface area (Å²) >= 11 is 0. The number of hydrogen-bond donors (Lipinski definition) is 3. The van der Waals surface area contributed by atoms with Crippen molar-refractivity contribution in [2.24, 2.45) is 5.73 Å². The Morgan fingerprint density at radius 2 is 1.75 bits per heavy atom. The molecular formula is C24H26N6O2. The van der Waals surface area contributed by atoms with Crippen LogP contribution in [-0.4, -0.2) is 52.3 Å². The largest absolute Gasteiger partial charge is 0.457 e. The van der Waals surface area contributed by atoms with Gasteiger partial charge in [-0.15, -0.1) is 0 Å². The van der Waals surface area contributed by atoms with Gasteiger partial charge in [-0.25, -0.2) is 4.68 Å². The molecule has 2 aromatic carbocycles. The number of piperidine rings is 1. The molecule has 2 bridgehead atoms. The van der Waals surface area contributed by atoms with Gasteiger partial charge in [0.05, 0.1) is 17.4 Å². The molecule has 3 aliphatic heterocycles. The maximum Gasteiger partial charge on any atom is 0.269 e. The van der Waals surface area contributed by atoms with Crippen molar-refractivity contribution in [1.82, 2.24) is 20.0 Å². The molecule has 164 valence electrons. The lowest BCUT2D eigenvalue weighted by Crippen LogP contribution is -2.68. The average Bonchev–Trinajstić information content (AvgIpc) is 3.22. The number of aromatic nitrogens is 2. The van der Waals surface area contributed by atoms with E-state index in [4.69, 9.17) is 15.6 Å². The summed E-state index contributed by atoms with van der Waals surface area (Å²) in [6.45, 7) is 2.83. The molecule has 2 saturated heterocycles. The Morgan fingerprint density at radius 3 is 2.44 bits per heavy atom. The van der Waals surface area contributed by atoms with Crippen molar-refractivity contribution >= 4 is 11.6 Å². The van der Waals surface area contributed by atoms with Gasteiger partial charge in [0.2, 0.25) is 0 Å². The van der Waals surface area contributed by atoms with E-state index in [1.165, 1.54) is 6.42 Å². The van der Waals surface area contributed by atoms with Crippen LogP contribution in [0, 0.1) is 0 Å². The van der Waals surface area contributed by atoms with E-state index in [0.717, 1.165) is 54.6 Å². The number of piperazine rings is 1. The Kier molecular flexibility index (Phi) is 4.62. The highest BCUT2D eigenvalue weighted by molar-refractivity contribution is 5.98. The summed E-state index contributed by atoms with van der Waals surface area (Å²) < 4.78 is 7.57. The number of ether oxygens (including phenoxy) is 1. The second kappa shape index (κ2) is 7.65. The quantitative estimate of drug-likeness (QED) is 0.576. The normalized spacial score (nSPS) is 24.2. The van der Waals surface area contributed by atoms with Gasteiger partial charge in [0, 0.05) is 31.7 Å².